The molecule has 0 radical (unpaired) electrons. The van der Waals surface area contributed by atoms with Crippen LogP contribution in [-0.4, -0.2) is 15.3 Å². The maximum Gasteiger partial charge on any atom is 0.185 e. The van der Waals surface area contributed by atoms with Crippen molar-refractivity contribution in [3.8, 4) is 0 Å². The molecule has 0 N–H and O–H groups in total. The Bertz CT molecular complexity index is 691. The minimum absolute atomic E-state index is 0.109. The lowest BCUT2D eigenvalue weighted by atomic mass is 9.97. The van der Waals surface area contributed by atoms with Crippen LogP contribution < -0.4 is 0 Å². The lowest BCUT2D eigenvalue weighted by Crippen LogP contribution is -2.21. The number of rotatable bonds is 5. The Morgan fingerprint density at radius 3 is 2.29 bits per heavy atom. The Morgan fingerprint density at radius 2 is 1.67 bits per heavy atom. The maximum absolute atomic E-state index is 12.8. The van der Waals surface area contributed by atoms with Gasteiger partial charge >= 0.3 is 0 Å². The molecule has 0 amide bonds. The summed E-state index contributed by atoms with van der Waals surface area (Å²) in [5.41, 5.74) is 1.87. The smallest absolute Gasteiger partial charge is 0.185 e. The average molecular weight is 276 g/mol. The van der Waals surface area contributed by atoms with Gasteiger partial charge in [-0.05, 0) is 5.56 Å². The molecule has 1 aromatic heterocycles. The fourth-order valence-electron chi connectivity index (χ4n) is 2.42. The van der Waals surface area contributed by atoms with Gasteiger partial charge in [0.2, 0.25) is 0 Å². The average Bonchev–Trinajstić information content (AvgIpc) is 3.08. The van der Waals surface area contributed by atoms with Crippen molar-refractivity contribution in [3.63, 3.8) is 0 Å². The number of benzene rings is 2. The Kier molecular flexibility index (Phi) is 3.92. The van der Waals surface area contributed by atoms with Gasteiger partial charge in [0.15, 0.2) is 5.78 Å². The first kappa shape index (κ1) is 13.3. The zero-order valence-corrected chi connectivity index (χ0v) is 11.6. The summed E-state index contributed by atoms with van der Waals surface area (Å²) in [6, 6.07) is 19.2. The van der Waals surface area contributed by atoms with Crippen molar-refractivity contribution in [2.75, 3.05) is 0 Å². The lowest BCUT2D eigenvalue weighted by Gasteiger charge is -2.17. The van der Waals surface area contributed by atoms with Crippen molar-refractivity contribution in [3.05, 3.63) is 90.5 Å². The van der Waals surface area contributed by atoms with Gasteiger partial charge in [-0.1, -0.05) is 60.7 Å². The summed E-state index contributed by atoms with van der Waals surface area (Å²) >= 11 is 0. The molecule has 0 spiro atoms. The fraction of sp³-hybridized carbons (Fsp3) is 0.111. The Morgan fingerprint density at radius 1 is 1.00 bits per heavy atom. The number of hydrogen-bond donors (Lipinski definition) is 0. The first-order valence-corrected chi connectivity index (χ1v) is 6.95. The van der Waals surface area contributed by atoms with Gasteiger partial charge in [0.1, 0.15) is 6.04 Å². The normalized spacial score (nSPS) is 12.0. The van der Waals surface area contributed by atoms with Crippen molar-refractivity contribution in [2.24, 2.45) is 0 Å². The molecular weight excluding hydrogens is 260 g/mol. The van der Waals surface area contributed by atoms with E-state index in [1.165, 1.54) is 0 Å². The molecule has 21 heavy (non-hydrogen) atoms. The third kappa shape index (κ3) is 3.08. The zero-order valence-electron chi connectivity index (χ0n) is 11.6. The molecule has 3 heteroatoms. The number of aromatic nitrogens is 2. The molecular formula is C18H16N2O. The van der Waals surface area contributed by atoms with Crippen LogP contribution in [0, 0.1) is 0 Å². The van der Waals surface area contributed by atoms with Crippen molar-refractivity contribution < 1.29 is 4.79 Å². The van der Waals surface area contributed by atoms with Gasteiger partial charge in [-0.3, -0.25) is 4.79 Å². The van der Waals surface area contributed by atoms with Gasteiger partial charge in [0.05, 0.1) is 6.33 Å². The summed E-state index contributed by atoms with van der Waals surface area (Å²) in [7, 11) is 0. The molecule has 0 aliphatic carbocycles. The second-order valence-corrected chi connectivity index (χ2v) is 4.95. The van der Waals surface area contributed by atoms with E-state index in [1.807, 2.05) is 71.4 Å². The minimum atomic E-state index is -0.266. The van der Waals surface area contributed by atoms with E-state index >= 15 is 0 Å². The highest BCUT2D eigenvalue weighted by atomic mass is 16.1. The van der Waals surface area contributed by atoms with Crippen molar-refractivity contribution >= 4 is 5.78 Å². The zero-order chi connectivity index (χ0) is 14.5. The Hall–Kier alpha value is -2.68. The van der Waals surface area contributed by atoms with E-state index in [-0.39, 0.29) is 11.8 Å². The highest BCUT2D eigenvalue weighted by Crippen LogP contribution is 2.19. The van der Waals surface area contributed by atoms with Gasteiger partial charge < -0.3 is 4.57 Å². The topological polar surface area (TPSA) is 34.9 Å². The van der Waals surface area contributed by atoms with E-state index in [9.17, 15) is 4.79 Å². The number of carbonyl (C=O) groups is 1. The van der Waals surface area contributed by atoms with E-state index in [0.29, 0.717) is 6.42 Å². The van der Waals surface area contributed by atoms with Gasteiger partial charge in [-0.2, -0.15) is 0 Å². The number of imidazole rings is 1. The van der Waals surface area contributed by atoms with Crippen LogP contribution in [0.2, 0.25) is 0 Å². The number of nitrogens with zero attached hydrogens (tertiary/aromatic N) is 2. The quantitative estimate of drug-likeness (QED) is 0.668. The molecule has 0 bridgehead atoms. The standard InChI is InChI=1S/C18H16N2O/c21-18(16-9-5-2-6-10-16)17(20-12-11-19-14-20)13-15-7-3-1-4-8-15/h1-12,14,17H,13H2/t17-/m0/s1. The van der Waals surface area contributed by atoms with Gasteiger partial charge in [-0.25, -0.2) is 4.98 Å². The summed E-state index contributed by atoms with van der Waals surface area (Å²) in [6.45, 7) is 0. The molecule has 3 rings (SSSR count). The summed E-state index contributed by atoms with van der Waals surface area (Å²) < 4.78 is 1.88. The monoisotopic (exact) mass is 276 g/mol. The highest BCUT2D eigenvalue weighted by molar-refractivity contribution is 5.99. The molecule has 0 saturated heterocycles. The number of ketones is 1. The van der Waals surface area contributed by atoms with E-state index < -0.39 is 0 Å². The Balaban J connectivity index is 1.92. The number of hydrogen-bond acceptors (Lipinski definition) is 2. The van der Waals surface area contributed by atoms with Crippen LogP contribution in [0.5, 0.6) is 0 Å². The molecule has 3 aromatic rings. The highest BCUT2D eigenvalue weighted by Gasteiger charge is 2.21. The van der Waals surface area contributed by atoms with Crippen molar-refractivity contribution in [2.45, 2.75) is 12.5 Å². The molecule has 0 unspecified atom stereocenters. The molecule has 3 nitrogen and oxygen atoms in total. The lowest BCUT2D eigenvalue weighted by molar-refractivity contribution is 0.0924. The molecule has 104 valence electrons. The van der Waals surface area contributed by atoms with E-state index in [4.69, 9.17) is 0 Å². The summed E-state index contributed by atoms with van der Waals surface area (Å²) in [4.78, 5) is 16.9. The third-order valence-electron chi connectivity index (χ3n) is 3.52. The maximum atomic E-state index is 12.8. The second kappa shape index (κ2) is 6.18. The second-order valence-electron chi connectivity index (χ2n) is 4.95. The molecule has 1 heterocycles. The summed E-state index contributed by atoms with van der Waals surface area (Å²) in [5, 5.41) is 0. The van der Waals surface area contributed by atoms with Crippen LogP contribution in [0.15, 0.2) is 79.4 Å². The number of Topliss-reactive ketones (excluding diaryl/α,β-unsaturated/α-hetero) is 1. The molecule has 0 fully saturated rings. The first-order valence-electron chi connectivity index (χ1n) is 6.95. The molecule has 0 aliphatic heterocycles. The predicted octanol–water partition coefficient (Wildman–Crippen LogP) is 3.55. The predicted molar refractivity (Wildman–Crippen MR) is 82.2 cm³/mol. The minimum Gasteiger partial charge on any atom is -0.326 e. The first-order chi connectivity index (χ1) is 10.3. The fourth-order valence-corrected chi connectivity index (χ4v) is 2.42. The molecule has 0 saturated carbocycles. The largest absolute Gasteiger partial charge is 0.326 e. The van der Waals surface area contributed by atoms with E-state index in [2.05, 4.69) is 4.98 Å². The van der Waals surface area contributed by atoms with E-state index in [0.717, 1.165) is 11.1 Å². The third-order valence-corrected chi connectivity index (χ3v) is 3.52. The van der Waals surface area contributed by atoms with Crippen LogP contribution in [0.4, 0.5) is 0 Å². The van der Waals surface area contributed by atoms with Crippen LogP contribution in [0.1, 0.15) is 22.0 Å². The van der Waals surface area contributed by atoms with Crippen molar-refractivity contribution in [1.82, 2.24) is 9.55 Å². The van der Waals surface area contributed by atoms with Crippen LogP contribution >= 0.6 is 0 Å². The molecule has 1 atom stereocenters. The molecule has 0 aliphatic rings. The summed E-state index contributed by atoms with van der Waals surface area (Å²) in [5.74, 6) is 0.109. The van der Waals surface area contributed by atoms with Crippen LogP contribution in [-0.2, 0) is 6.42 Å². The van der Waals surface area contributed by atoms with Gasteiger partial charge in [0.25, 0.3) is 0 Å². The summed E-state index contributed by atoms with van der Waals surface area (Å²) in [6.07, 6.45) is 5.91. The van der Waals surface area contributed by atoms with Gasteiger partial charge in [0, 0.05) is 24.4 Å². The van der Waals surface area contributed by atoms with E-state index in [1.54, 1.807) is 12.5 Å². The van der Waals surface area contributed by atoms with Crippen LogP contribution in [0.25, 0.3) is 0 Å². The van der Waals surface area contributed by atoms with Crippen molar-refractivity contribution in [1.29, 1.82) is 0 Å². The SMILES string of the molecule is O=C(c1ccccc1)[C@H](Cc1ccccc1)n1ccnc1. The number of carbonyl (C=O) groups excluding carboxylic acids is 1. The Labute approximate surface area is 123 Å². The van der Waals surface area contributed by atoms with Gasteiger partial charge in [-0.15, -0.1) is 0 Å². The van der Waals surface area contributed by atoms with Crippen LogP contribution in [0.3, 0.4) is 0 Å². The molecule has 2 aromatic carbocycles.